The largest absolute Gasteiger partial charge is 0.490 e. The number of ether oxygens (including phenoxy) is 1. The van der Waals surface area contributed by atoms with Gasteiger partial charge in [0, 0.05) is 24.7 Å². The minimum absolute atomic E-state index is 0.0249. The van der Waals surface area contributed by atoms with Crippen LogP contribution in [0.1, 0.15) is 38.3 Å². The minimum atomic E-state index is 0.0249. The molecule has 0 aromatic heterocycles. The van der Waals surface area contributed by atoms with E-state index in [0.29, 0.717) is 6.10 Å². The molecular formula is C15H24N2O. The summed E-state index contributed by atoms with van der Waals surface area (Å²) >= 11 is 0. The predicted octanol–water partition coefficient (Wildman–Crippen LogP) is 2.57. The molecule has 0 spiro atoms. The molecule has 2 rings (SSSR count). The summed E-state index contributed by atoms with van der Waals surface area (Å²) in [6.07, 6.45) is 2.56. The molecule has 3 nitrogen and oxygen atoms in total. The van der Waals surface area contributed by atoms with Crippen molar-refractivity contribution >= 4 is 0 Å². The zero-order valence-corrected chi connectivity index (χ0v) is 11.4. The van der Waals surface area contributed by atoms with Gasteiger partial charge in [0.2, 0.25) is 0 Å². The summed E-state index contributed by atoms with van der Waals surface area (Å²) < 4.78 is 6.13. The first-order valence-electron chi connectivity index (χ1n) is 6.94. The van der Waals surface area contributed by atoms with Crippen LogP contribution in [0.25, 0.3) is 0 Å². The summed E-state index contributed by atoms with van der Waals surface area (Å²) in [6, 6.07) is 8.15. The Hall–Kier alpha value is -1.06. The maximum atomic E-state index is 6.13. The van der Waals surface area contributed by atoms with Crippen molar-refractivity contribution < 1.29 is 4.74 Å². The van der Waals surface area contributed by atoms with Gasteiger partial charge in [-0.2, -0.15) is 0 Å². The molecule has 1 fully saturated rings. The molecule has 1 heterocycles. The van der Waals surface area contributed by atoms with Crippen molar-refractivity contribution in [3.8, 4) is 5.75 Å². The molecule has 1 atom stereocenters. The van der Waals surface area contributed by atoms with Crippen LogP contribution in [0.2, 0.25) is 0 Å². The van der Waals surface area contributed by atoms with E-state index in [9.17, 15) is 0 Å². The maximum absolute atomic E-state index is 6.13. The SMILES string of the molecule is CCN1CCC(Oc2ccccc2C(C)N)CC1. The van der Waals surface area contributed by atoms with Crippen LogP contribution in [-0.4, -0.2) is 30.6 Å². The smallest absolute Gasteiger partial charge is 0.124 e. The Morgan fingerprint density at radius 2 is 2.00 bits per heavy atom. The van der Waals surface area contributed by atoms with Gasteiger partial charge in [-0.25, -0.2) is 0 Å². The standard InChI is InChI=1S/C15H24N2O/c1-3-17-10-8-13(9-11-17)18-15-7-5-4-6-14(15)12(2)16/h4-7,12-13H,3,8-11,16H2,1-2H3. The van der Waals surface area contributed by atoms with E-state index in [-0.39, 0.29) is 6.04 Å². The fraction of sp³-hybridized carbons (Fsp3) is 0.600. The highest BCUT2D eigenvalue weighted by molar-refractivity contribution is 5.35. The maximum Gasteiger partial charge on any atom is 0.124 e. The van der Waals surface area contributed by atoms with Crippen molar-refractivity contribution in [1.29, 1.82) is 0 Å². The summed E-state index contributed by atoms with van der Waals surface area (Å²) in [7, 11) is 0. The van der Waals surface area contributed by atoms with Crippen LogP contribution in [0.15, 0.2) is 24.3 Å². The lowest BCUT2D eigenvalue weighted by Gasteiger charge is -2.31. The summed E-state index contributed by atoms with van der Waals surface area (Å²) in [5.74, 6) is 0.961. The van der Waals surface area contributed by atoms with Gasteiger partial charge in [0.25, 0.3) is 0 Å². The highest BCUT2D eigenvalue weighted by Gasteiger charge is 2.20. The average molecular weight is 248 g/mol. The van der Waals surface area contributed by atoms with E-state index in [1.54, 1.807) is 0 Å². The van der Waals surface area contributed by atoms with Crippen molar-refractivity contribution in [2.24, 2.45) is 5.73 Å². The Bertz CT molecular complexity index is 371. The molecule has 1 unspecified atom stereocenters. The number of piperidine rings is 1. The number of likely N-dealkylation sites (tertiary alicyclic amines) is 1. The molecule has 0 bridgehead atoms. The topological polar surface area (TPSA) is 38.5 Å². The van der Waals surface area contributed by atoms with Gasteiger partial charge in [-0.1, -0.05) is 25.1 Å². The van der Waals surface area contributed by atoms with Gasteiger partial charge in [0.05, 0.1) is 0 Å². The van der Waals surface area contributed by atoms with Gasteiger partial charge in [-0.15, -0.1) is 0 Å². The van der Waals surface area contributed by atoms with Crippen LogP contribution < -0.4 is 10.5 Å². The van der Waals surface area contributed by atoms with Gasteiger partial charge in [0.1, 0.15) is 11.9 Å². The van der Waals surface area contributed by atoms with E-state index >= 15 is 0 Å². The molecule has 2 N–H and O–H groups in total. The van der Waals surface area contributed by atoms with E-state index in [0.717, 1.165) is 43.8 Å². The molecule has 1 aliphatic rings. The van der Waals surface area contributed by atoms with Gasteiger partial charge >= 0.3 is 0 Å². The molecule has 0 radical (unpaired) electrons. The molecule has 18 heavy (non-hydrogen) atoms. The zero-order chi connectivity index (χ0) is 13.0. The zero-order valence-electron chi connectivity index (χ0n) is 11.4. The lowest BCUT2D eigenvalue weighted by Crippen LogP contribution is -2.38. The fourth-order valence-corrected chi connectivity index (χ4v) is 2.49. The Morgan fingerprint density at radius 3 is 2.61 bits per heavy atom. The van der Waals surface area contributed by atoms with Crippen LogP contribution >= 0.6 is 0 Å². The van der Waals surface area contributed by atoms with Gasteiger partial charge in [-0.05, 0) is 32.4 Å². The number of nitrogens with two attached hydrogens (primary N) is 1. The van der Waals surface area contributed by atoms with Crippen LogP contribution in [0.5, 0.6) is 5.75 Å². The number of hydrogen-bond acceptors (Lipinski definition) is 3. The van der Waals surface area contributed by atoms with Crippen molar-refractivity contribution in [3.05, 3.63) is 29.8 Å². The molecule has 1 aliphatic heterocycles. The number of hydrogen-bond donors (Lipinski definition) is 1. The third-order valence-electron chi connectivity index (χ3n) is 3.69. The van der Waals surface area contributed by atoms with E-state index in [1.165, 1.54) is 0 Å². The van der Waals surface area contributed by atoms with Crippen molar-refractivity contribution in [3.63, 3.8) is 0 Å². The Labute approximate surface area is 110 Å². The fourth-order valence-electron chi connectivity index (χ4n) is 2.49. The van der Waals surface area contributed by atoms with Crippen molar-refractivity contribution in [1.82, 2.24) is 4.90 Å². The first-order chi connectivity index (χ1) is 8.70. The normalized spacial score (nSPS) is 19.7. The highest BCUT2D eigenvalue weighted by atomic mass is 16.5. The lowest BCUT2D eigenvalue weighted by atomic mass is 10.1. The summed E-state index contributed by atoms with van der Waals surface area (Å²) in [4.78, 5) is 2.47. The average Bonchev–Trinajstić information content (AvgIpc) is 2.40. The van der Waals surface area contributed by atoms with Crippen molar-refractivity contribution in [2.75, 3.05) is 19.6 Å². The van der Waals surface area contributed by atoms with E-state index in [4.69, 9.17) is 10.5 Å². The number of nitrogens with zero attached hydrogens (tertiary/aromatic N) is 1. The van der Waals surface area contributed by atoms with E-state index in [1.807, 2.05) is 25.1 Å². The van der Waals surface area contributed by atoms with Gasteiger partial charge in [0.15, 0.2) is 0 Å². The first kappa shape index (κ1) is 13.4. The molecule has 0 saturated carbocycles. The second-order valence-corrected chi connectivity index (χ2v) is 5.08. The van der Waals surface area contributed by atoms with E-state index < -0.39 is 0 Å². The number of rotatable bonds is 4. The molecular weight excluding hydrogens is 224 g/mol. The second-order valence-electron chi connectivity index (χ2n) is 5.08. The summed E-state index contributed by atoms with van der Waals surface area (Å²) in [5, 5.41) is 0. The second kappa shape index (κ2) is 6.21. The molecule has 1 aromatic rings. The van der Waals surface area contributed by atoms with Crippen LogP contribution in [-0.2, 0) is 0 Å². The third kappa shape index (κ3) is 3.24. The van der Waals surface area contributed by atoms with Crippen molar-refractivity contribution in [2.45, 2.75) is 38.8 Å². The van der Waals surface area contributed by atoms with Gasteiger partial charge in [-0.3, -0.25) is 0 Å². The third-order valence-corrected chi connectivity index (χ3v) is 3.69. The first-order valence-corrected chi connectivity index (χ1v) is 6.94. The molecule has 1 saturated heterocycles. The molecule has 3 heteroatoms. The monoisotopic (exact) mass is 248 g/mol. The summed E-state index contributed by atoms with van der Waals surface area (Å²) in [6.45, 7) is 7.64. The van der Waals surface area contributed by atoms with Crippen LogP contribution in [0.3, 0.4) is 0 Å². The number of benzene rings is 1. The minimum Gasteiger partial charge on any atom is -0.490 e. The molecule has 100 valence electrons. The summed E-state index contributed by atoms with van der Waals surface area (Å²) in [5.41, 5.74) is 7.08. The van der Waals surface area contributed by atoms with Crippen LogP contribution in [0.4, 0.5) is 0 Å². The predicted molar refractivity (Wildman–Crippen MR) is 74.8 cm³/mol. The molecule has 1 aromatic carbocycles. The van der Waals surface area contributed by atoms with E-state index in [2.05, 4.69) is 17.9 Å². The lowest BCUT2D eigenvalue weighted by molar-refractivity contribution is 0.103. The Morgan fingerprint density at radius 1 is 1.33 bits per heavy atom. The highest BCUT2D eigenvalue weighted by Crippen LogP contribution is 2.26. The van der Waals surface area contributed by atoms with Gasteiger partial charge < -0.3 is 15.4 Å². The quantitative estimate of drug-likeness (QED) is 0.890. The van der Waals surface area contributed by atoms with Crippen LogP contribution in [0, 0.1) is 0 Å². The molecule has 0 aliphatic carbocycles. The Balaban J connectivity index is 1.98. The number of para-hydroxylation sites is 1. The Kier molecular flexibility index (Phi) is 4.61. The molecule has 0 amide bonds.